The molecule has 0 bridgehead atoms. The van der Waals surface area contributed by atoms with Crippen molar-refractivity contribution in [3.05, 3.63) is 71.4 Å². The second-order valence-corrected chi connectivity index (χ2v) is 7.80. The number of nitrogens with zero attached hydrogens (tertiary/aromatic N) is 2. The molecule has 2 heterocycles. The highest BCUT2D eigenvalue weighted by atomic mass is 19.4. The summed E-state index contributed by atoms with van der Waals surface area (Å²) in [7, 11) is 0. The summed E-state index contributed by atoms with van der Waals surface area (Å²) in [5.74, 6) is -2.78. The highest BCUT2D eigenvalue weighted by molar-refractivity contribution is 5.99. The summed E-state index contributed by atoms with van der Waals surface area (Å²) in [6.45, 7) is 2.50. The Morgan fingerprint density at radius 1 is 1.18 bits per heavy atom. The monoisotopic (exact) mass is 457 g/mol. The third kappa shape index (κ3) is 4.76. The first-order valence-corrected chi connectivity index (χ1v) is 10.6. The van der Waals surface area contributed by atoms with Gasteiger partial charge in [0, 0.05) is 41.5 Å². The summed E-state index contributed by atoms with van der Waals surface area (Å²) in [5.41, 5.74) is 2.83. The van der Waals surface area contributed by atoms with E-state index in [9.17, 15) is 22.8 Å². The molecule has 0 radical (unpaired) electrons. The summed E-state index contributed by atoms with van der Waals surface area (Å²) in [4.78, 5) is 29.9. The number of pyridine rings is 1. The van der Waals surface area contributed by atoms with Gasteiger partial charge in [0.2, 0.25) is 6.23 Å². The number of halogens is 3. The lowest BCUT2D eigenvalue weighted by molar-refractivity contribution is -0.211. The van der Waals surface area contributed by atoms with Crippen molar-refractivity contribution in [1.29, 1.82) is 0 Å². The third-order valence-corrected chi connectivity index (χ3v) is 5.44. The van der Waals surface area contributed by atoms with Crippen LogP contribution in [0.25, 0.3) is 10.9 Å². The molecule has 0 fully saturated rings. The minimum absolute atomic E-state index is 0.186. The highest BCUT2D eigenvalue weighted by Gasteiger charge is 2.46. The Labute approximate surface area is 188 Å². The van der Waals surface area contributed by atoms with Gasteiger partial charge in [-0.1, -0.05) is 31.5 Å². The fraction of sp³-hybridized carbons (Fsp3) is 0.292. The summed E-state index contributed by atoms with van der Waals surface area (Å²) in [6.07, 6.45) is -3.53. The van der Waals surface area contributed by atoms with E-state index in [0.29, 0.717) is 18.7 Å². The Kier molecular flexibility index (Phi) is 6.22. The third-order valence-electron chi connectivity index (χ3n) is 5.44. The van der Waals surface area contributed by atoms with Gasteiger partial charge in [-0.15, -0.1) is 0 Å². The molecule has 33 heavy (non-hydrogen) atoms. The quantitative estimate of drug-likeness (QED) is 0.494. The number of benzene rings is 2. The van der Waals surface area contributed by atoms with Crippen LogP contribution in [0.4, 0.5) is 18.9 Å². The Balaban J connectivity index is 1.57. The van der Waals surface area contributed by atoms with Crippen molar-refractivity contribution < 1.29 is 27.5 Å². The van der Waals surface area contributed by atoms with Crippen molar-refractivity contribution in [2.45, 2.75) is 38.7 Å². The van der Waals surface area contributed by atoms with E-state index in [4.69, 9.17) is 4.74 Å². The summed E-state index contributed by atoms with van der Waals surface area (Å²) < 4.78 is 43.3. The second kappa shape index (κ2) is 9.09. The largest absolute Gasteiger partial charge is 0.491 e. The molecule has 0 saturated heterocycles. The SMILES string of the molecule is CCCCN1C(=O)c2ccc(NCc3cnc4ccccc4c3)cc2C1OC(=O)C(F)(F)F. The van der Waals surface area contributed by atoms with E-state index < -0.39 is 24.3 Å². The molecule has 9 heteroatoms. The van der Waals surface area contributed by atoms with Crippen molar-refractivity contribution in [2.75, 3.05) is 11.9 Å². The molecule has 4 rings (SSSR count). The van der Waals surface area contributed by atoms with Gasteiger partial charge in [0.15, 0.2) is 0 Å². The molecule has 1 N–H and O–H groups in total. The summed E-state index contributed by atoms with van der Waals surface area (Å²) in [6, 6.07) is 14.5. The summed E-state index contributed by atoms with van der Waals surface area (Å²) >= 11 is 0. The number of ether oxygens (including phenoxy) is 1. The fourth-order valence-corrected chi connectivity index (χ4v) is 3.76. The van der Waals surface area contributed by atoms with E-state index in [0.717, 1.165) is 22.9 Å². The van der Waals surface area contributed by atoms with Crippen LogP contribution in [-0.2, 0) is 16.1 Å². The molecule has 1 aromatic heterocycles. The van der Waals surface area contributed by atoms with Gasteiger partial charge in [0.25, 0.3) is 5.91 Å². The van der Waals surface area contributed by atoms with Gasteiger partial charge in [-0.3, -0.25) is 14.7 Å². The lowest BCUT2D eigenvalue weighted by Crippen LogP contribution is -2.35. The Morgan fingerprint density at radius 2 is 1.97 bits per heavy atom. The van der Waals surface area contributed by atoms with Crippen LogP contribution in [0.5, 0.6) is 0 Å². The Bertz CT molecular complexity index is 1200. The number of unbranched alkanes of at least 4 members (excludes halogenated alkanes) is 1. The number of carbonyl (C=O) groups excluding carboxylic acids is 2. The molecule has 1 atom stereocenters. The predicted molar refractivity (Wildman–Crippen MR) is 116 cm³/mol. The average molecular weight is 457 g/mol. The van der Waals surface area contributed by atoms with Gasteiger partial charge in [0.05, 0.1) is 5.52 Å². The van der Waals surface area contributed by atoms with E-state index >= 15 is 0 Å². The van der Waals surface area contributed by atoms with Crippen molar-refractivity contribution in [3.8, 4) is 0 Å². The number of rotatable bonds is 7. The number of esters is 1. The zero-order chi connectivity index (χ0) is 23.6. The van der Waals surface area contributed by atoms with E-state index in [1.807, 2.05) is 37.3 Å². The van der Waals surface area contributed by atoms with Crippen LogP contribution in [0.2, 0.25) is 0 Å². The zero-order valence-corrected chi connectivity index (χ0v) is 17.9. The topological polar surface area (TPSA) is 71.5 Å². The molecule has 1 aliphatic heterocycles. The average Bonchev–Trinajstić information content (AvgIpc) is 3.05. The molecule has 1 unspecified atom stereocenters. The number of carbonyl (C=O) groups is 2. The molecule has 1 amide bonds. The molecule has 1 aliphatic rings. The standard InChI is InChI=1S/C24H22F3N3O3/c1-2-3-10-30-21(31)18-9-8-17(12-19(18)22(30)33-23(32)24(25,26)27)28-13-15-11-16-6-4-5-7-20(16)29-14-15/h4-9,11-12,14,22,28H,2-3,10,13H2,1H3. The highest BCUT2D eigenvalue weighted by Crippen LogP contribution is 2.38. The number of para-hydroxylation sites is 1. The van der Waals surface area contributed by atoms with Crippen LogP contribution < -0.4 is 5.32 Å². The minimum Gasteiger partial charge on any atom is -0.430 e. The lowest BCUT2D eigenvalue weighted by Gasteiger charge is -2.25. The summed E-state index contributed by atoms with van der Waals surface area (Å²) in [5, 5.41) is 4.19. The van der Waals surface area contributed by atoms with Crippen LogP contribution in [0.1, 0.15) is 47.5 Å². The maximum Gasteiger partial charge on any atom is 0.491 e. The maximum atomic E-state index is 12.9. The number of amides is 1. The van der Waals surface area contributed by atoms with Gasteiger partial charge in [-0.2, -0.15) is 13.2 Å². The van der Waals surface area contributed by atoms with Crippen molar-refractivity contribution in [2.24, 2.45) is 0 Å². The Morgan fingerprint density at radius 3 is 2.73 bits per heavy atom. The van der Waals surface area contributed by atoms with Crippen LogP contribution in [0.3, 0.4) is 0 Å². The van der Waals surface area contributed by atoms with E-state index in [1.165, 1.54) is 4.90 Å². The van der Waals surface area contributed by atoms with Crippen LogP contribution in [-0.4, -0.2) is 34.5 Å². The number of anilines is 1. The molecule has 0 saturated carbocycles. The van der Waals surface area contributed by atoms with Gasteiger partial charge < -0.3 is 10.1 Å². The van der Waals surface area contributed by atoms with Gasteiger partial charge in [-0.05, 0) is 42.3 Å². The van der Waals surface area contributed by atoms with Crippen molar-refractivity contribution >= 4 is 28.5 Å². The lowest BCUT2D eigenvalue weighted by atomic mass is 10.1. The number of fused-ring (bicyclic) bond motifs is 2. The number of aromatic nitrogens is 1. The predicted octanol–water partition coefficient (Wildman–Crippen LogP) is 5.21. The van der Waals surface area contributed by atoms with E-state index in [2.05, 4.69) is 10.3 Å². The van der Waals surface area contributed by atoms with Crippen LogP contribution >= 0.6 is 0 Å². The van der Waals surface area contributed by atoms with Gasteiger partial charge in [0.1, 0.15) is 0 Å². The molecule has 3 aromatic rings. The molecule has 0 aliphatic carbocycles. The number of hydrogen-bond acceptors (Lipinski definition) is 5. The van der Waals surface area contributed by atoms with Crippen molar-refractivity contribution in [1.82, 2.24) is 9.88 Å². The molecule has 0 spiro atoms. The van der Waals surface area contributed by atoms with Crippen molar-refractivity contribution in [3.63, 3.8) is 0 Å². The number of nitrogens with one attached hydrogen (secondary N) is 1. The Hall–Kier alpha value is -3.62. The minimum atomic E-state index is -5.15. The molecular weight excluding hydrogens is 435 g/mol. The number of alkyl halides is 3. The maximum absolute atomic E-state index is 12.9. The fourth-order valence-electron chi connectivity index (χ4n) is 3.76. The molecule has 6 nitrogen and oxygen atoms in total. The molecule has 2 aromatic carbocycles. The first kappa shape index (κ1) is 22.6. The first-order valence-electron chi connectivity index (χ1n) is 10.6. The normalized spacial score (nSPS) is 15.6. The zero-order valence-electron chi connectivity index (χ0n) is 17.9. The number of hydrogen-bond donors (Lipinski definition) is 1. The second-order valence-electron chi connectivity index (χ2n) is 7.80. The van der Waals surface area contributed by atoms with E-state index in [-0.39, 0.29) is 17.7 Å². The molecule has 172 valence electrons. The van der Waals surface area contributed by atoms with Gasteiger partial charge in [-0.25, -0.2) is 4.79 Å². The van der Waals surface area contributed by atoms with Gasteiger partial charge >= 0.3 is 12.1 Å². The smallest absolute Gasteiger partial charge is 0.430 e. The first-order chi connectivity index (χ1) is 15.8. The van der Waals surface area contributed by atoms with Crippen LogP contribution in [0.15, 0.2) is 54.7 Å². The molecular formula is C24H22F3N3O3. The van der Waals surface area contributed by atoms with E-state index in [1.54, 1.807) is 24.4 Å². The van der Waals surface area contributed by atoms with Crippen LogP contribution in [0, 0.1) is 0 Å².